The van der Waals surface area contributed by atoms with Gasteiger partial charge in [0.1, 0.15) is 0 Å². The van der Waals surface area contributed by atoms with Gasteiger partial charge in [-0.25, -0.2) is 0 Å². The molecule has 166 valence electrons. The molecule has 33 heavy (non-hydrogen) atoms. The molecule has 0 N–H and O–H groups in total. The first-order chi connectivity index (χ1) is 15.3. The SMILES string of the molecule is CCCC[B-]1(c2cccc(-n3c4ccccc4c4ccccc43)c2)OC(C)(C)C(C)(C)O1.[Li+]. The first-order valence-electron chi connectivity index (χ1n) is 11.9. The first kappa shape index (κ1) is 24.2. The van der Waals surface area contributed by atoms with Crippen LogP contribution in [0.5, 0.6) is 0 Å². The quantitative estimate of drug-likeness (QED) is 0.447. The predicted molar refractivity (Wildman–Crippen MR) is 136 cm³/mol. The first-order valence-corrected chi connectivity index (χ1v) is 11.9. The third-order valence-corrected chi connectivity index (χ3v) is 7.57. The molecule has 1 saturated heterocycles. The second-order valence-electron chi connectivity index (χ2n) is 10.2. The van der Waals surface area contributed by atoms with E-state index in [9.17, 15) is 0 Å². The molecule has 0 saturated carbocycles. The molecule has 1 aliphatic heterocycles. The third-order valence-electron chi connectivity index (χ3n) is 7.57. The molecule has 0 bridgehead atoms. The summed E-state index contributed by atoms with van der Waals surface area (Å²) in [5, 5.41) is 2.55. The fourth-order valence-electron chi connectivity index (χ4n) is 5.29. The number of hydrogen-bond donors (Lipinski definition) is 0. The Bertz CT molecular complexity index is 1220. The monoisotopic (exact) mass is 433 g/mol. The summed E-state index contributed by atoms with van der Waals surface area (Å²) in [6.45, 7) is 9.26. The van der Waals surface area contributed by atoms with Crippen molar-refractivity contribution in [1.82, 2.24) is 4.57 Å². The van der Waals surface area contributed by atoms with Gasteiger partial charge in [-0.3, -0.25) is 0 Å². The topological polar surface area (TPSA) is 23.4 Å². The van der Waals surface area contributed by atoms with Crippen LogP contribution in [0, 0.1) is 0 Å². The molecule has 4 aromatic rings. The van der Waals surface area contributed by atoms with E-state index in [0.717, 1.165) is 30.3 Å². The van der Waals surface area contributed by atoms with E-state index in [1.807, 2.05) is 0 Å². The molecule has 3 nitrogen and oxygen atoms in total. The van der Waals surface area contributed by atoms with Crippen molar-refractivity contribution >= 4 is 33.8 Å². The Kier molecular flexibility index (Phi) is 6.36. The van der Waals surface area contributed by atoms with Gasteiger partial charge in [0.05, 0.1) is 11.0 Å². The number of hydrogen-bond acceptors (Lipinski definition) is 2. The molecule has 0 unspecified atom stereocenters. The second-order valence-corrected chi connectivity index (χ2v) is 10.2. The van der Waals surface area contributed by atoms with Crippen LogP contribution in [0.4, 0.5) is 0 Å². The van der Waals surface area contributed by atoms with Gasteiger partial charge in [-0.05, 0) is 45.9 Å². The van der Waals surface area contributed by atoms with Crippen LogP contribution in [-0.4, -0.2) is 22.3 Å². The molecule has 5 rings (SSSR count). The van der Waals surface area contributed by atoms with Crippen molar-refractivity contribution in [3.05, 3.63) is 72.8 Å². The third kappa shape index (κ3) is 3.88. The fraction of sp³-hybridized carbons (Fsp3) is 0.357. The van der Waals surface area contributed by atoms with Crippen LogP contribution in [0.15, 0.2) is 72.8 Å². The minimum absolute atomic E-state index is 0. The Balaban J connectivity index is 0.00000259. The van der Waals surface area contributed by atoms with Gasteiger partial charge in [0.15, 0.2) is 0 Å². The van der Waals surface area contributed by atoms with E-state index in [0.29, 0.717) is 0 Å². The Hall–Kier alpha value is -1.96. The van der Waals surface area contributed by atoms with Crippen LogP contribution in [0.25, 0.3) is 27.5 Å². The Morgan fingerprint density at radius 3 is 1.85 bits per heavy atom. The van der Waals surface area contributed by atoms with E-state index in [1.165, 1.54) is 21.8 Å². The van der Waals surface area contributed by atoms with Gasteiger partial charge < -0.3 is 13.9 Å². The molecule has 2 heterocycles. The summed E-state index contributed by atoms with van der Waals surface area (Å²) in [6.07, 6.45) is 3.09. The van der Waals surface area contributed by atoms with Gasteiger partial charge in [-0.2, -0.15) is 5.46 Å². The number of aromatic nitrogens is 1. The number of benzene rings is 3. The second kappa shape index (κ2) is 8.68. The van der Waals surface area contributed by atoms with Crippen LogP contribution in [0.1, 0.15) is 47.5 Å². The zero-order valence-corrected chi connectivity index (χ0v) is 20.9. The average molecular weight is 433 g/mol. The standard InChI is InChI=1S/C28H33BNO2.Li/c1-6-7-19-29(31-27(2,3)28(4,5)32-29)21-13-12-14-22(20-21)30-25-17-10-8-15-23(25)24-16-9-11-18-26(24)30;/h8-18,20H,6-7,19H2,1-5H3;/q-1;+1. The molecular formula is C28H33BLiNO2. The number of rotatable bonds is 5. The summed E-state index contributed by atoms with van der Waals surface area (Å²) in [7, 11) is 0. The maximum Gasteiger partial charge on any atom is 1.00 e. The fourth-order valence-corrected chi connectivity index (χ4v) is 5.29. The Morgan fingerprint density at radius 2 is 1.30 bits per heavy atom. The van der Waals surface area contributed by atoms with E-state index < -0.39 is 6.55 Å². The van der Waals surface area contributed by atoms with Crippen LogP contribution in [-0.2, 0) is 9.31 Å². The van der Waals surface area contributed by atoms with Crippen molar-refractivity contribution in [1.29, 1.82) is 0 Å². The maximum atomic E-state index is 6.82. The molecule has 0 aliphatic carbocycles. The van der Waals surface area contributed by atoms with Crippen molar-refractivity contribution < 1.29 is 28.2 Å². The molecule has 0 spiro atoms. The van der Waals surface area contributed by atoms with E-state index in [-0.39, 0.29) is 30.1 Å². The van der Waals surface area contributed by atoms with Crippen molar-refractivity contribution in [3.8, 4) is 5.69 Å². The normalized spacial score (nSPS) is 18.5. The van der Waals surface area contributed by atoms with E-state index in [2.05, 4.69) is 112 Å². The zero-order valence-electron chi connectivity index (χ0n) is 20.9. The Morgan fingerprint density at radius 1 is 0.758 bits per heavy atom. The summed E-state index contributed by atoms with van der Waals surface area (Å²) in [4.78, 5) is 0. The van der Waals surface area contributed by atoms with Crippen LogP contribution in [0.3, 0.4) is 0 Å². The number of nitrogens with zero attached hydrogens (tertiary/aromatic N) is 1. The van der Waals surface area contributed by atoms with Crippen LogP contribution >= 0.6 is 0 Å². The molecule has 3 aromatic carbocycles. The van der Waals surface area contributed by atoms with Gasteiger partial charge >= 0.3 is 18.9 Å². The van der Waals surface area contributed by atoms with Crippen molar-refractivity contribution in [2.75, 3.05) is 0 Å². The average Bonchev–Trinajstić information content (AvgIpc) is 3.21. The number of unbranched alkanes of at least 4 members (excludes halogenated alkanes) is 1. The maximum absolute atomic E-state index is 6.82. The summed E-state index contributed by atoms with van der Waals surface area (Å²) in [6, 6.07) is 26.1. The van der Waals surface area contributed by atoms with Crippen LogP contribution < -0.4 is 24.3 Å². The summed E-state index contributed by atoms with van der Waals surface area (Å²) in [5.41, 5.74) is 4.02. The molecule has 0 atom stereocenters. The van der Waals surface area contributed by atoms with Gasteiger partial charge in [-0.15, -0.1) is 6.32 Å². The summed E-state index contributed by atoms with van der Waals surface area (Å²) in [5.74, 6) is 0. The van der Waals surface area contributed by atoms with Crippen molar-refractivity contribution in [2.24, 2.45) is 0 Å². The van der Waals surface area contributed by atoms with Crippen LogP contribution in [0.2, 0.25) is 6.32 Å². The summed E-state index contributed by atoms with van der Waals surface area (Å²) >= 11 is 0. The van der Waals surface area contributed by atoms with Gasteiger partial charge in [-0.1, -0.05) is 74.4 Å². The van der Waals surface area contributed by atoms with Gasteiger partial charge in [0.2, 0.25) is 0 Å². The molecular weight excluding hydrogens is 400 g/mol. The molecule has 1 aliphatic rings. The smallest absolute Gasteiger partial charge is 0.558 e. The van der Waals surface area contributed by atoms with E-state index in [4.69, 9.17) is 9.31 Å². The molecule has 1 aromatic heterocycles. The Labute approximate surface area is 209 Å². The van der Waals surface area contributed by atoms with Gasteiger partial charge in [0, 0.05) is 27.7 Å². The number of fused-ring (bicyclic) bond motifs is 3. The van der Waals surface area contributed by atoms with E-state index >= 15 is 0 Å². The minimum Gasteiger partial charge on any atom is -0.558 e. The molecule has 0 amide bonds. The predicted octanol–water partition coefficient (Wildman–Crippen LogP) is 3.84. The number of para-hydroxylation sites is 2. The van der Waals surface area contributed by atoms with Crippen molar-refractivity contribution in [2.45, 2.75) is 65.0 Å². The molecule has 5 heteroatoms. The summed E-state index contributed by atoms with van der Waals surface area (Å²) < 4.78 is 16.0. The van der Waals surface area contributed by atoms with Crippen molar-refractivity contribution in [3.63, 3.8) is 0 Å². The molecule has 1 fully saturated rings. The van der Waals surface area contributed by atoms with E-state index in [1.54, 1.807) is 0 Å². The molecule has 0 radical (unpaired) electrons. The minimum atomic E-state index is -1.57. The van der Waals surface area contributed by atoms with Gasteiger partial charge in [0.25, 0.3) is 6.55 Å². The zero-order chi connectivity index (χ0) is 22.6. The largest absolute Gasteiger partial charge is 1.00 e.